The standard InChI is InChI=1S/C16H14O5/c1-4-19-16(18)13-7-12(17)11-6-5-10-8(2)9(3)20-14(10)15(11)21-13/h5-7H,4H2,1-3H3. The Balaban J connectivity index is 2.38. The van der Waals surface area contributed by atoms with Gasteiger partial charge in [-0.3, -0.25) is 4.79 Å². The van der Waals surface area contributed by atoms with E-state index in [0.29, 0.717) is 11.0 Å². The van der Waals surface area contributed by atoms with E-state index in [1.807, 2.05) is 19.9 Å². The van der Waals surface area contributed by atoms with E-state index in [4.69, 9.17) is 13.6 Å². The lowest BCUT2D eigenvalue weighted by molar-refractivity contribution is 0.0491. The number of benzene rings is 1. The molecule has 0 atom stereocenters. The minimum atomic E-state index is -0.659. The number of aryl methyl sites for hydroxylation is 2. The Bertz CT molecular complexity index is 914. The third-order valence-electron chi connectivity index (χ3n) is 3.52. The number of hydrogen-bond donors (Lipinski definition) is 0. The highest BCUT2D eigenvalue weighted by Gasteiger charge is 2.18. The van der Waals surface area contributed by atoms with Crippen LogP contribution in [0.25, 0.3) is 21.9 Å². The lowest BCUT2D eigenvalue weighted by Gasteiger charge is -2.03. The van der Waals surface area contributed by atoms with Gasteiger partial charge in [-0.2, -0.15) is 0 Å². The van der Waals surface area contributed by atoms with Crippen molar-refractivity contribution in [3.8, 4) is 0 Å². The predicted octanol–water partition coefficient (Wildman–Crippen LogP) is 3.33. The summed E-state index contributed by atoms with van der Waals surface area (Å²) in [4.78, 5) is 23.9. The first-order chi connectivity index (χ1) is 10.0. The Labute approximate surface area is 120 Å². The highest BCUT2D eigenvalue weighted by atomic mass is 16.5. The normalized spacial score (nSPS) is 11.2. The quantitative estimate of drug-likeness (QED) is 0.676. The van der Waals surface area contributed by atoms with Crippen molar-refractivity contribution in [1.82, 2.24) is 0 Å². The van der Waals surface area contributed by atoms with Crippen LogP contribution in [-0.4, -0.2) is 12.6 Å². The number of fused-ring (bicyclic) bond motifs is 3. The van der Waals surface area contributed by atoms with Crippen molar-refractivity contribution in [2.75, 3.05) is 6.61 Å². The third kappa shape index (κ3) is 2.01. The van der Waals surface area contributed by atoms with Crippen molar-refractivity contribution in [1.29, 1.82) is 0 Å². The zero-order valence-electron chi connectivity index (χ0n) is 12.0. The summed E-state index contributed by atoms with van der Waals surface area (Å²) in [6, 6.07) is 4.65. The number of hydrogen-bond acceptors (Lipinski definition) is 5. The van der Waals surface area contributed by atoms with E-state index in [0.717, 1.165) is 22.8 Å². The first-order valence-corrected chi connectivity index (χ1v) is 6.66. The van der Waals surface area contributed by atoms with Crippen LogP contribution in [0.1, 0.15) is 28.8 Å². The molecule has 21 heavy (non-hydrogen) atoms. The maximum Gasteiger partial charge on any atom is 0.374 e. The Morgan fingerprint density at radius 3 is 2.52 bits per heavy atom. The Kier molecular flexibility index (Phi) is 3.05. The molecule has 5 heteroatoms. The molecule has 0 aliphatic carbocycles. The lowest BCUT2D eigenvalue weighted by Crippen LogP contribution is -2.10. The smallest absolute Gasteiger partial charge is 0.374 e. The molecule has 108 valence electrons. The topological polar surface area (TPSA) is 69.7 Å². The van der Waals surface area contributed by atoms with Crippen molar-refractivity contribution in [3.05, 3.63) is 45.5 Å². The molecule has 3 rings (SSSR count). The minimum absolute atomic E-state index is 0.117. The molecule has 0 saturated carbocycles. The third-order valence-corrected chi connectivity index (χ3v) is 3.52. The monoisotopic (exact) mass is 286 g/mol. The van der Waals surface area contributed by atoms with Gasteiger partial charge in [-0.1, -0.05) is 0 Å². The summed E-state index contributed by atoms with van der Waals surface area (Å²) in [5, 5.41) is 1.24. The van der Waals surface area contributed by atoms with Crippen LogP contribution in [0.4, 0.5) is 0 Å². The summed E-state index contributed by atoms with van der Waals surface area (Å²) in [5.41, 5.74) is 1.44. The van der Waals surface area contributed by atoms with E-state index < -0.39 is 5.97 Å². The van der Waals surface area contributed by atoms with E-state index >= 15 is 0 Å². The van der Waals surface area contributed by atoms with Crippen LogP contribution in [0, 0.1) is 13.8 Å². The second kappa shape index (κ2) is 4.77. The highest BCUT2D eigenvalue weighted by molar-refractivity contribution is 6.03. The van der Waals surface area contributed by atoms with Crippen LogP contribution in [0.5, 0.6) is 0 Å². The summed E-state index contributed by atoms with van der Waals surface area (Å²) >= 11 is 0. The number of carbonyl (C=O) groups excluding carboxylic acids is 1. The van der Waals surface area contributed by atoms with E-state index in [9.17, 15) is 9.59 Å². The number of ether oxygens (including phenoxy) is 1. The maximum atomic E-state index is 12.1. The van der Waals surface area contributed by atoms with Gasteiger partial charge in [-0.05, 0) is 38.5 Å². The van der Waals surface area contributed by atoms with Gasteiger partial charge in [0.25, 0.3) is 0 Å². The molecule has 0 N–H and O–H groups in total. The number of esters is 1. The maximum absolute atomic E-state index is 12.1. The molecule has 0 unspecified atom stereocenters. The zero-order chi connectivity index (χ0) is 15.1. The summed E-state index contributed by atoms with van der Waals surface area (Å²) in [6.45, 7) is 5.67. The van der Waals surface area contributed by atoms with Gasteiger partial charge < -0.3 is 13.6 Å². The second-order valence-electron chi connectivity index (χ2n) is 4.80. The van der Waals surface area contributed by atoms with E-state index in [1.54, 1.807) is 13.0 Å². The van der Waals surface area contributed by atoms with Gasteiger partial charge in [0, 0.05) is 11.5 Å². The van der Waals surface area contributed by atoms with Crippen molar-refractivity contribution < 1.29 is 18.4 Å². The summed E-state index contributed by atoms with van der Waals surface area (Å²) in [5.74, 6) is -0.0243. The molecule has 5 nitrogen and oxygen atoms in total. The SMILES string of the molecule is CCOC(=O)c1cc(=O)c2ccc3c(C)c(C)oc3c2o1. The number of rotatable bonds is 2. The van der Waals surface area contributed by atoms with Crippen molar-refractivity contribution in [2.45, 2.75) is 20.8 Å². The molecule has 0 amide bonds. The van der Waals surface area contributed by atoms with Crippen LogP contribution in [0.3, 0.4) is 0 Å². The fourth-order valence-corrected chi connectivity index (χ4v) is 2.31. The predicted molar refractivity (Wildman–Crippen MR) is 77.7 cm³/mol. The molecule has 0 bridgehead atoms. The fourth-order valence-electron chi connectivity index (χ4n) is 2.31. The molecule has 0 fully saturated rings. The van der Waals surface area contributed by atoms with Crippen molar-refractivity contribution in [3.63, 3.8) is 0 Å². The van der Waals surface area contributed by atoms with E-state index in [2.05, 4.69) is 0 Å². The molecule has 0 aliphatic heterocycles. The average molecular weight is 286 g/mol. The molecule has 3 aromatic rings. The van der Waals surface area contributed by atoms with Gasteiger partial charge >= 0.3 is 5.97 Å². The molecular weight excluding hydrogens is 272 g/mol. The molecule has 0 spiro atoms. The van der Waals surface area contributed by atoms with Gasteiger partial charge in [0.15, 0.2) is 16.6 Å². The molecular formula is C16H14O5. The largest absolute Gasteiger partial charge is 0.460 e. The van der Waals surface area contributed by atoms with Crippen LogP contribution < -0.4 is 5.43 Å². The Hall–Kier alpha value is -2.56. The van der Waals surface area contributed by atoms with E-state index in [1.165, 1.54) is 0 Å². The molecule has 2 aromatic heterocycles. The fraction of sp³-hybridized carbons (Fsp3) is 0.250. The van der Waals surface area contributed by atoms with Gasteiger partial charge in [0.1, 0.15) is 5.76 Å². The summed E-state index contributed by atoms with van der Waals surface area (Å²) < 4.78 is 16.1. The summed E-state index contributed by atoms with van der Waals surface area (Å²) in [7, 11) is 0. The molecule has 0 radical (unpaired) electrons. The van der Waals surface area contributed by atoms with Crippen molar-refractivity contribution in [2.24, 2.45) is 0 Å². The van der Waals surface area contributed by atoms with Gasteiger partial charge in [0.05, 0.1) is 12.0 Å². The van der Waals surface area contributed by atoms with Gasteiger partial charge in [-0.15, -0.1) is 0 Å². The second-order valence-corrected chi connectivity index (χ2v) is 4.80. The highest BCUT2D eigenvalue weighted by Crippen LogP contribution is 2.30. The first-order valence-electron chi connectivity index (χ1n) is 6.66. The molecule has 2 heterocycles. The first kappa shape index (κ1) is 13.4. The van der Waals surface area contributed by atoms with Crippen LogP contribution in [-0.2, 0) is 4.74 Å². The van der Waals surface area contributed by atoms with Crippen molar-refractivity contribution >= 4 is 27.9 Å². The minimum Gasteiger partial charge on any atom is -0.460 e. The molecule has 0 saturated heterocycles. The lowest BCUT2D eigenvalue weighted by atomic mass is 10.1. The van der Waals surface area contributed by atoms with Gasteiger partial charge in [-0.25, -0.2) is 4.79 Å². The Morgan fingerprint density at radius 2 is 1.81 bits per heavy atom. The van der Waals surface area contributed by atoms with Crippen LogP contribution in [0.2, 0.25) is 0 Å². The number of carbonyl (C=O) groups is 1. The van der Waals surface area contributed by atoms with Gasteiger partial charge in [0.2, 0.25) is 5.76 Å². The van der Waals surface area contributed by atoms with E-state index in [-0.39, 0.29) is 23.4 Å². The summed E-state index contributed by atoms with van der Waals surface area (Å²) in [6.07, 6.45) is 0. The molecule has 0 aliphatic rings. The number of furan rings is 1. The van der Waals surface area contributed by atoms with Crippen LogP contribution >= 0.6 is 0 Å². The Morgan fingerprint density at radius 1 is 1.14 bits per heavy atom. The zero-order valence-corrected chi connectivity index (χ0v) is 12.0. The van der Waals surface area contributed by atoms with Crippen LogP contribution in [0.15, 0.2) is 31.8 Å². The molecule has 1 aromatic carbocycles. The average Bonchev–Trinajstić information content (AvgIpc) is 2.75.